The lowest BCUT2D eigenvalue weighted by Crippen LogP contribution is -2.42. The topological polar surface area (TPSA) is 64.4 Å². The Hall–Kier alpha value is -3.60. The van der Waals surface area contributed by atoms with E-state index in [1.807, 2.05) is 67.6 Å². The van der Waals surface area contributed by atoms with E-state index in [0.29, 0.717) is 17.3 Å². The molecule has 0 aliphatic rings. The Bertz CT molecular complexity index is 1220. The first kappa shape index (κ1) is 20.7. The molecule has 5 nitrogen and oxygen atoms in total. The van der Waals surface area contributed by atoms with Crippen molar-refractivity contribution in [1.29, 1.82) is 0 Å². The van der Waals surface area contributed by atoms with Crippen LogP contribution in [0.4, 0.5) is 5.69 Å². The Balaban J connectivity index is 1.61. The third kappa shape index (κ3) is 4.17. The highest BCUT2D eigenvalue weighted by molar-refractivity contribution is 5.98. The molecule has 4 rings (SSSR count). The summed E-state index contributed by atoms with van der Waals surface area (Å²) in [6.45, 7) is 9.56. The van der Waals surface area contributed by atoms with Gasteiger partial charge in [-0.2, -0.15) is 0 Å². The van der Waals surface area contributed by atoms with Crippen LogP contribution in [-0.2, 0) is 4.79 Å². The minimum absolute atomic E-state index is 0.236. The second kappa shape index (κ2) is 7.91. The van der Waals surface area contributed by atoms with E-state index in [0.717, 1.165) is 27.8 Å². The van der Waals surface area contributed by atoms with Gasteiger partial charge < -0.3 is 14.5 Å². The van der Waals surface area contributed by atoms with Crippen LogP contribution in [0.2, 0.25) is 0 Å². The Morgan fingerprint density at radius 1 is 0.968 bits per heavy atom. The van der Waals surface area contributed by atoms with Crippen molar-refractivity contribution in [2.75, 3.05) is 5.32 Å². The highest BCUT2D eigenvalue weighted by Gasteiger charge is 2.30. The Morgan fingerprint density at radius 3 is 2.42 bits per heavy atom. The number of rotatable bonds is 5. The summed E-state index contributed by atoms with van der Waals surface area (Å²) < 4.78 is 11.9. The number of carbonyl (C=O) groups is 1. The van der Waals surface area contributed by atoms with Crippen LogP contribution in [0.15, 0.2) is 65.1 Å². The molecule has 0 atom stereocenters. The van der Waals surface area contributed by atoms with E-state index in [9.17, 15) is 4.79 Å². The molecule has 5 heteroatoms. The molecule has 0 saturated carbocycles. The number of nitrogens with one attached hydrogen (secondary N) is 1. The van der Waals surface area contributed by atoms with Crippen molar-refractivity contribution in [1.82, 2.24) is 4.98 Å². The maximum atomic E-state index is 13.0. The number of benzene rings is 3. The van der Waals surface area contributed by atoms with E-state index in [4.69, 9.17) is 9.15 Å². The summed E-state index contributed by atoms with van der Waals surface area (Å²) in [5.41, 5.74) is 5.28. The molecular formula is C26H26N2O3. The van der Waals surface area contributed by atoms with Gasteiger partial charge in [0, 0.05) is 11.3 Å². The second-order valence-electron chi connectivity index (χ2n) is 8.28. The Labute approximate surface area is 182 Å². The first-order valence-electron chi connectivity index (χ1n) is 10.3. The highest BCUT2D eigenvalue weighted by atomic mass is 16.5. The number of hydrogen-bond acceptors (Lipinski definition) is 4. The fourth-order valence-electron chi connectivity index (χ4n) is 3.40. The van der Waals surface area contributed by atoms with Crippen LogP contribution in [0.25, 0.3) is 22.6 Å². The molecule has 4 aromatic rings. The van der Waals surface area contributed by atoms with Crippen LogP contribution >= 0.6 is 0 Å². The standard InChI is InChI=1S/C26H26N2O3/c1-16-14-22-23(15-17(16)2)30-24(27-22)20-12-9-13-21(18(20)3)28-25(29)26(4,5)31-19-10-7-6-8-11-19/h6-15H,1-5H3,(H,28,29). The van der Waals surface area contributed by atoms with Gasteiger partial charge in [-0.05, 0) is 87.7 Å². The van der Waals surface area contributed by atoms with Crippen molar-refractivity contribution in [2.45, 2.75) is 40.2 Å². The minimum Gasteiger partial charge on any atom is -0.478 e. The number of amides is 1. The number of oxazole rings is 1. The Morgan fingerprint density at radius 2 is 1.68 bits per heavy atom. The summed E-state index contributed by atoms with van der Waals surface area (Å²) in [6, 6.07) is 19.1. The molecule has 0 fully saturated rings. The van der Waals surface area contributed by atoms with Gasteiger partial charge in [-0.1, -0.05) is 24.3 Å². The van der Waals surface area contributed by atoms with Gasteiger partial charge >= 0.3 is 0 Å². The molecule has 1 N–H and O–H groups in total. The predicted molar refractivity (Wildman–Crippen MR) is 123 cm³/mol. The molecule has 0 bridgehead atoms. The molecule has 158 valence electrons. The lowest BCUT2D eigenvalue weighted by molar-refractivity contribution is -0.128. The molecule has 0 saturated heterocycles. The van der Waals surface area contributed by atoms with Crippen molar-refractivity contribution in [3.8, 4) is 17.2 Å². The normalized spacial score (nSPS) is 11.5. The number of carbonyl (C=O) groups excluding carboxylic acids is 1. The van der Waals surface area contributed by atoms with Crippen LogP contribution in [0, 0.1) is 20.8 Å². The van der Waals surface area contributed by atoms with Gasteiger partial charge in [0.15, 0.2) is 11.2 Å². The number of para-hydroxylation sites is 1. The first-order chi connectivity index (χ1) is 14.7. The van der Waals surface area contributed by atoms with Crippen molar-refractivity contribution in [3.63, 3.8) is 0 Å². The molecule has 3 aromatic carbocycles. The fraction of sp³-hybridized carbons (Fsp3) is 0.231. The van der Waals surface area contributed by atoms with E-state index in [1.54, 1.807) is 13.8 Å². The third-order valence-electron chi connectivity index (χ3n) is 5.48. The van der Waals surface area contributed by atoms with Crippen LogP contribution in [0.1, 0.15) is 30.5 Å². The molecule has 0 radical (unpaired) electrons. The average Bonchev–Trinajstić information content (AvgIpc) is 3.12. The monoisotopic (exact) mass is 414 g/mol. The van der Waals surface area contributed by atoms with E-state index >= 15 is 0 Å². The SMILES string of the molecule is Cc1cc2nc(-c3cccc(NC(=O)C(C)(C)Oc4ccccc4)c3C)oc2cc1C. The number of fused-ring (bicyclic) bond motifs is 1. The maximum Gasteiger partial charge on any atom is 0.267 e. The highest BCUT2D eigenvalue weighted by Crippen LogP contribution is 2.32. The van der Waals surface area contributed by atoms with Gasteiger partial charge in [-0.15, -0.1) is 0 Å². The molecule has 0 spiro atoms. The number of anilines is 1. The zero-order valence-electron chi connectivity index (χ0n) is 18.4. The zero-order chi connectivity index (χ0) is 22.2. The minimum atomic E-state index is -1.05. The van der Waals surface area contributed by atoms with Gasteiger partial charge in [0.05, 0.1) is 0 Å². The quantitative estimate of drug-likeness (QED) is 0.421. The first-order valence-corrected chi connectivity index (χ1v) is 10.3. The molecule has 0 unspecified atom stereocenters. The number of aryl methyl sites for hydroxylation is 2. The van der Waals surface area contributed by atoms with Gasteiger partial charge in [0.25, 0.3) is 5.91 Å². The van der Waals surface area contributed by atoms with Gasteiger partial charge in [0.1, 0.15) is 11.3 Å². The summed E-state index contributed by atoms with van der Waals surface area (Å²) in [5.74, 6) is 0.944. The van der Waals surface area contributed by atoms with Crippen molar-refractivity contribution in [3.05, 3.63) is 77.4 Å². The predicted octanol–water partition coefficient (Wildman–Crippen LogP) is 6.22. The fourth-order valence-corrected chi connectivity index (χ4v) is 3.40. The van der Waals surface area contributed by atoms with Crippen LogP contribution in [0.3, 0.4) is 0 Å². The molecule has 1 aromatic heterocycles. The van der Waals surface area contributed by atoms with Crippen molar-refractivity contribution < 1.29 is 13.9 Å². The van der Waals surface area contributed by atoms with E-state index < -0.39 is 5.60 Å². The van der Waals surface area contributed by atoms with Crippen LogP contribution in [0.5, 0.6) is 5.75 Å². The van der Waals surface area contributed by atoms with Gasteiger partial charge in [0.2, 0.25) is 5.89 Å². The van der Waals surface area contributed by atoms with Crippen LogP contribution in [-0.4, -0.2) is 16.5 Å². The molecule has 31 heavy (non-hydrogen) atoms. The summed E-state index contributed by atoms with van der Waals surface area (Å²) in [4.78, 5) is 17.6. The van der Waals surface area contributed by atoms with Crippen molar-refractivity contribution >= 4 is 22.7 Å². The summed E-state index contributed by atoms with van der Waals surface area (Å²) in [6.07, 6.45) is 0. The molecule has 0 aliphatic carbocycles. The summed E-state index contributed by atoms with van der Waals surface area (Å²) in [5, 5.41) is 3.00. The van der Waals surface area contributed by atoms with E-state index in [2.05, 4.69) is 24.1 Å². The van der Waals surface area contributed by atoms with Gasteiger partial charge in [-0.3, -0.25) is 4.79 Å². The van der Waals surface area contributed by atoms with Crippen molar-refractivity contribution in [2.24, 2.45) is 0 Å². The largest absolute Gasteiger partial charge is 0.478 e. The number of aromatic nitrogens is 1. The molecular weight excluding hydrogens is 388 g/mol. The third-order valence-corrected chi connectivity index (χ3v) is 5.48. The lowest BCUT2D eigenvalue weighted by Gasteiger charge is -2.26. The van der Waals surface area contributed by atoms with Crippen LogP contribution < -0.4 is 10.1 Å². The summed E-state index contributed by atoms with van der Waals surface area (Å²) in [7, 11) is 0. The van der Waals surface area contributed by atoms with E-state index in [1.165, 1.54) is 5.56 Å². The Kier molecular flexibility index (Phi) is 5.27. The number of hydrogen-bond donors (Lipinski definition) is 1. The maximum absolute atomic E-state index is 13.0. The zero-order valence-corrected chi connectivity index (χ0v) is 18.4. The number of ether oxygens (including phenoxy) is 1. The summed E-state index contributed by atoms with van der Waals surface area (Å²) >= 11 is 0. The van der Waals surface area contributed by atoms with Gasteiger partial charge in [-0.25, -0.2) is 4.98 Å². The second-order valence-corrected chi connectivity index (χ2v) is 8.28. The smallest absolute Gasteiger partial charge is 0.267 e. The number of nitrogens with zero attached hydrogens (tertiary/aromatic N) is 1. The lowest BCUT2D eigenvalue weighted by atomic mass is 10.0. The van der Waals surface area contributed by atoms with E-state index in [-0.39, 0.29) is 5.91 Å². The average molecular weight is 415 g/mol. The molecule has 0 aliphatic heterocycles. The molecule has 1 amide bonds. The molecule has 1 heterocycles.